The van der Waals surface area contributed by atoms with E-state index in [1.807, 2.05) is 0 Å². The third-order valence-electron chi connectivity index (χ3n) is 4.66. The molecule has 2 atom stereocenters. The molecule has 0 aliphatic carbocycles. The zero-order valence-electron chi connectivity index (χ0n) is 14.9. The molecule has 28 heavy (non-hydrogen) atoms. The first-order valence-corrected chi connectivity index (χ1v) is 8.82. The van der Waals surface area contributed by atoms with E-state index in [0.29, 0.717) is 6.54 Å². The largest absolute Gasteiger partial charge is 0.352 e. The molecule has 1 saturated heterocycles. The number of hydrogen-bond donors (Lipinski definition) is 1. The molecule has 0 saturated carbocycles. The number of rotatable bonds is 4. The highest BCUT2D eigenvalue weighted by molar-refractivity contribution is 5.99. The summed E-state index contributed by atoms with van der Waals surface area (Å²) in [7, 11) is 0. The van der Waals surface area contributed by atoms with Crippen LogP contribution < -0.4 is 10.2 Å². The number of alkyl halides is 1. The van der Waals surface area contributed by atoms with Crippen LogP contribution in [-0.4, -0.2) is 44.8 Å². The number of carbonyl (C=O) groups excluding carboxylic acids is 1. The average Bonchev–Trinajstić information content (AvgIpc) is 3.26. The molecule has 7 nitrogen and oxygen atoms in total. The summed E-state index contributed by atoms with van der Waals surface area (Å²) in [5, 5.41) is 6.70. The van der Waals surface area contributed by atoms with Crippen LogP contribution in [0.1, 0.15) is 35.3 Å². The highest BCUT2D eigenvalue weighted by Crippen LogP contribution is 2.37. The van der Waals surface area contributed by atoms with Gasteiger partial charge in [0.2, 0.25) is 5.95 Å². The van der Waals surface area contributed by atoms with Gasteiger partial charge in [-0.05, 0) is 25.1 Å². The summed E-state index contributed by atoms with van der Waals surface area (Å²) in [6.45, 7) is 2.15. The van der Waals surface area contributed by atoms with Gasteiger partial charge in [0, 0.05) is 18.5 Å². The Bertz CT molecular complexity index is 1040. The van der Waals surface area contributed by atoms with Gasteiger partial charge in [-0.15, -0.1) is 0 Å². The van der Waals surface area contributed by atoms with Crippen molar-refractivity contribution < 1.29 is 18.0 Å². The van der Waals surface area contributed by atoms with Gasteiger partial charge in [0.15, 0.2) is 5.65 Å². The van der Waals surface area contributed by atoms with E-state index in [1.54, 1.807) is 6.92 Å². The summed E-state index contributed by atoms with van der Waals surface area (Å²) in [6, 6.07) is 2.33. The molecule has 4 rings (SSSR count). The minimum Gasteiger partial charge on any atom is -0.352 e. The fourth-order valence-corrected chi connectivity index (χ4v) is 3.41. The van der Waals surface area contributed by atoms with Gasteiger partial charge in [0.05, 0.1) is 18.8 Å². The van der Waals surface area contributed by atoms with Crippen LogP contribution in [0.15, 0.2) is 30.7 Å². The van der Waals surface area contributed by atoms with Crippen LogP contribution >= 0.6 is 0 Å². The smallest absolute Gasteiger partial charge is 0.256 e. The topological polar surface area (TPSA) is 75.4 Å². The Labute approximate surface area is 158 Å². The molecule has 3 aromatic rings. The second-order valence-corrected chi connectivity index (χ2v) is 6.51. The van der Waals surface area contributed by atoms with Crippen LogP contribution in [-0.2, 0) is 0 Å². The predicted octanol–water partition coefficient (Wildman–Crippen LogP) is 2.44. The van der Waals surface area contributed by atoms with Gasteiger partial charge in [-0.25, -0.2) is 22.7 Å². The standard InChI is InChI=1S/C18H17F3N6O/c1-2-22-17(28)13-7-24-27-9-23-18(25-16(13)27)26-8-11(20)6-15(26)12-5-10(19)3-4-14(12)21/h3-5,7,9,11,15H,2,6,8H2,1H3,(H,22,28)/t11-,15+/m0/s1. The second kappa shape index (κ2) is 7.10. The third kappa shape index (κ3) is 3.14. The molecule has 2 aromatic heterocycles. The number of aromatic nitrogens is 4. The summed E-state index contributed by atoms with van der Waals surface area (Å²) in [5.41, 5.74) is 0.535. The SMILES string of the molecule is CCNC(=O)c1cnn2cnc(N3C[C@@H](F)C[C@@H]3c3cc(F)ccc3F)nc12. The van der Waals surface area contributed by atoms with Gasteiger partial charge in [0.1, 0.15) is 29.7 Å². The highest BCUT2D eigenvalue weighted by atomic mass is 19.1. The van der Waals surface area contributed by atoms with Crippen LogP contribution in [0.2, 0.25) is 0 Å². The van der Waals surface area contributed by atoms with Crippen molar-refractivity contribution in [2.45, 2.75) is 25.6 Å². The van der Waals surface area contributed by atoms with Crippen molar-refractivity contribution in [1.82, 2.24) is 24.9 Å². The number of nitrogens with one attached hydrogen (secondary N) is 1. The lowest BCUT2D eigenvalue weighted by molar-refractivity contribution is 0.0957. The first kappa shape index (κ1) is 18.2. The summed E-state index contributed by atoms with van der Waals surface area (Å²) in [6.07, 6.45) is 1.45. The minimum absolute atomic E-state index is 0.0165. The van der Waals surface area contributed by atoms with Crippen molar-refractivity contribution in [3.05, 3.63) is 53.5 Å². The molecule has 0 radical (unpaired) electrons. The maximum Gasteiger partial charge on any atom is 0.256 e. The van der Waals surface area contributed by atoms with E-state index in [9.17, 15) is 18.0 Å². The lowest BCUT2D eigenvalue weighted by atomic mass is 10.0. The van der Waals surface area contributed by atoms with Crippen molar-refractivity contribution in [1.29, 1.82) is 0 Å². The fraction of sp³-hybridized carbons (Fsp3) is 0.333. The van der Waals surface area contributed by atoms with Gasteiger partial charge in [-0.3, -0.25) is 4.79 Å². The molecule has 0 bridgehead atoms. The first-order chi connectivity index (χ1) is 13.5. The number of carbonyl (C=O) groups is 1. The number of hydrogen-bond acceptors (Lipinski definition) is 5. The molecule has 1 aliphatic heterocycles. The van der Waals surface area contributed by atoms with Crippen molar-refractivity contribution in [3.63, 3.8) is 0 Å². The maximum absolute atomic E-state index is 14.3. The maximum atomic E-state index is 14.3. The molecule has 3 heterocycles. The minimum atomic E-state index is -1.25. The van der Waals surface area contributed by atoms with Gasteiger partial charge in [-0.2, -0.15) is 10.1 Å². The van der Waals surface area contributed by atoms with Gasteiger partial charge in [-0.1, -0.05) is 0 Å². The van der Waals surface area contributed by atoms with Gasteiger partial charge in [0.25, 0.3) is 5.91 Å². The van der Waals surface area contributed by atoms with Crippen molar-refractivity contribution >= 4 is 17.5 Å². The zero-order chi connectivity index (χ0) is 19.8. The van der Waals surface area contributed by atoms with E-state index in [-0.39, 0.29) is 41.6 Å². The van der Waals surface area contributed by atoms with Crippen LogP contribution in [0.4, 0.5) is 19.1 Å². The second-order valence-electron chi connectivity index (χ2n) is 6.51. The van der Waals surface area contributed by atoms with Crippen LogP contribution in [0, 0.1) is 11.6 Å². The molecule has 1 N–H and O–H groups in total. The van der Waals surface area contributed by atoms with Crippen molar-refractivity contribution in [2.24, 2.45) is 0 Å². The van der Waals surface area contributed by atoms with E-state index in [4.69, 9.17) is 0 Å². The summed E-state index contributed by atoms with van der Waals surface area (Å²) in [5.74, 6) is -1.46. The molecule has 1 aliphatic rings. The van der Waals surface area contributed by atoms with Crippen molar-refractivity contribution in [2.75, 3.05) is 18.0 Å². The fourth-order valence-electron chi connectivity index (χ4n) is 3.41. The van der Waals surface area contributed by atoms with Gasteiger partial charge < -0.3 is 10.2 Å². The Morgan fingerprint density at radius 3 is 2.96 bits per heavy atom. The van der Waals surface area contributed by atoms with E-state index in [2.05, 4.69) is 20.4 Å². The Balaban J connectivity index is 1.76. The van der Waals surface area contributed by atoms with E-state index in [0.717, 1.165) is 18.2 Å². The zero-order valence-corrected chi connectivity index (χ0v) is 14.9. The molecule has 1 aromatic carbocycles. The van der Waals surface area contributed by atoms with E-state index in [1.165, 1.54) is 21.9 Å². The third-order valence-corrected chi connectivity index (χ3v) is 4.66. The normalized spacial score (nSPS) is 19.4. The predicted molar refractivity (Wildman–Crippen MR) is 94.7 cm³/mol. The quantitative estimate of drug-likeness (QED) is 0.741. The van der Waals surface area contributed by atoms with E-state index < -0.39 is 23.8 Å². The Hall–Kier alpha value is -3.17. The lowest BCUT2D eigenvalue weighted by Gasteiger charge is -2.24. The first-order valence-electron chi connectivity index (χ1n) is 8.82. The van der Waals surface area contributed by atoms with Crippen molar-refractivity contribution in [3.8, 4) is 0 Å². The number of fused-ring (bicyclic) bond motifs is 1. The molecule has 146 valence electrons. The molecule has 0 spiro atoms. The number of nitrogens with zero attached hydrogens (tertiary/aromatic N) is 5. The monoisotopic (exact) mass is 390 g/mol. The summed E-state index contributed by atoms with van der Waals surface area (Å²) >= 11 is 0. The summed E-state index contributed by atoms with van der Waals surface area (Å²) in [4.78, 5) is 22.2. The van der Waals surface area contributed by atoms with Crippen LogP contribution in [0.5, 0.6) is 0 Å². The van der Waals surface area contributed by atoms with Crippen LogP contribution in [0.3, 0.4) is 0 Å². The average molecular weight is 390 g/mol. The highest BCUT2D eigenvalue weighted by Gasteiger charge is 2.37. The molecule has 0 unspecified atom stereocenters. The molecular weight excluding hydrogens is 373 g/mol. The van der Waals surface area contributed by atoms with E-state index >= 15 is 0 Å². The number of amides is 1. The molecular formula is C18H17F3N6O. The number of halogens is 3. The Kier molecular flexibility index (Phi) is 4.62. The Morgan fingerprint density at radius 2 is 2.18 bits per heavy atom. The Morgan fingerprint density at radius 1 is 1.36 bits per heavy atom. The summed E-state index contributed by atoms with van der Waals surface area (Å²) < 4.78 is 43.4. The number of anilines is 1. The molecule has 1 amide bonds. The van der Waals surface area contributed by atoms with Crippen LogP contribution in [0.25, 0.3) is 5.65 Å². The van der Waals surface area contributed by atoms with Gasteiger partial charge >= 0.3 is 0 Å². The molecule has 10 heteroatoms. The lowest BCUT2D eigenvalue weighted by Crippen LogP contribution is -2.27. The molecule has 1 fully saturated rings. The number of benzene rings is 1.